The fourth-order valence-electron chi connectivity index (χ4n) is 6.59. The summed E-state index contributed by atoms with van der Waals surface area (Å²) in [7, 11) is 0. The van der Waals surface area contributed by atoms with E-state index in [4.69, 9.17) is 16.6 Å². The van der Waals surface area contributed by atoms with E-state index in [1.165, 1.54) is 30.3 Å². The summed E-state index contributed by atoms with van der Waals surface area (Å²) in [6, 6.07) is 12.3. The van der Waals surface area contributed by atoms with Crippen molar-refractivity contribution in [2.75, 3.05) is 10.6 Å². The number of nitrogens with one attached hydrogen (secondary N) is 2. The molecule has 2 heterocycles. The zero-order valence-corrected chi connectivity index (χ0v) is 23.5. The summed E-state index contributed by atoms with van der Waals surface area (Å²) >= 11 is 6.25. The summed E-state index contributed by atoms with van der Waals surface area (Å²) in [4.78, 5) is 44.2. The van der Waals surface area contributed by atoms with Gasteiger partial charge in [0.25, 0.3) is 0 Å². The number of aromatic carboxylic acids is 1. The highest BCUT2D eigenvalue weighted by Crippen LogP contribution is 2.63. The molecule has 1 fully saturated rings. The van der Waals surface area contributed by atoms with Gasteiger partial charge in [-0.1, -0.05) is 44.5 Å². The van der Waals surface area contributed by atoms with Gasteiger partial charge in [0.1, 0.15) is 11.2 Å². The number of rotatable bonds is 5. The van der Waals surface area contributed by atoms with E-state index in [1.54, 1.807) is 18.3 Å². The molecular weight excluding hydrogens is 533 g/mol. The lowest BCUT2D eigenvalue weighted by atomic mass is 9.63. The van der Waals surface area contributed by atoms with Crippen molar-refractivity contribution in [3.05, 3.63) is 88.0 Å². The van der Waals surface area contributed by atoms with Gasteiger partial charge in [0, 0.05) is 23.7 Å². The van der Waals surface area contributed by atoms with Gasteiger partial charge >= 0.3 is 5.97 Å². The molecule has 2 aliphatic rings. The minimum absolute atomic E-state index is 0.0857. The van der Waals surface area contributed by atoms with Crippen LogP contribution in [0, 0.1) is 30.0 Å². The van der Waals surface area contributed by atoms with Crippen LogP contribution in [0.5, 0.6) is 0 Å². The molecule has 7 nitrogen and oxygen atoms in total. The van der Waals surface area contributed by atoms with Crippen molar-refractivity contribution in [2.45, 2.75) is 51.9 Å². The van der Waals surface area contributed by atoms with Crippen molar-refractivity contribution in [1.29, 1.82) is 0 Å². The van der Waals surface area contributed by atoms with Gasteiger partial charge in [-0.3, -0.25) is 14.6 Å². The molecule has 4 atom stereocenters. The fraction of sp³-hybridized carbons (Fsp3) is 0.355. The van der Waals surface area contributed by atoms with Gasteiger partial charge in [-0.15, -0.1) is 0 Å². The highest BCUT2D eigenvalue weighted by Gasteiger charge is 2.67. The molecule has 0 radical (unpaired) electrons. The average molecular weight is 564 g/mol. The molecule has 0 unspecified atom stereocenters. The Kier molecular flexibility index (Phi) is 6.94. The van der Waals surface area contributed by atoms with Crippen molar-refractivity contribution < 1.29 is 23.9 Å². The maximum absolute atomic E-state index is 15.8. The van der Waals surface area contributed by atoms with Crippen molar-refractivity contribution in [3.63, 3.8) is 0 Å². The second kappa shape index (κ2) is 10.0. The first-order valence-corrected chi connectivity index (χ1v) is 13.6. The van der Waals surface area contributed by atoms with E-state index in [1.807, 2.05) is 13.0 Å². The lowest BCUT2D eigenvalue weighted by molar-refractivity contribution is -0.123. The van der Waals surface area contributed by atoms with E-state index < -0.39 is 34.9 Å². The third kappa shape index (κ3) is 4.64. The number of halogens is 2. The summed E-state index contributed by atoms with van der Waals surface area (Å²) < 4.78 is 15.8. The van der Waals surface area contributed by atoms with Crippen LogP contribution in [0.15, 0.2) is 54.7 Å². The molecule has 3 aromatic rings. The number of nitrogens with zero attached hydrogens (tertiary/aromatic N) is 1. The average Bonchev–Trinajstić information content (AvgIpc) is 3.35. The highest BCUT2D eigenvalue weighted by molar-refractivity contribution is 6.30. The van der Waals surface area contributed by atoms with E-state index in [0.717, 1.165) is 5.56 Å². The second-order valence-corrected chi connectivity index (χ2v) is 12.4. The Morgan fingerprint density at radius 1 is 1.20 bits per heavy atom. The molecule has 208 valence electrons. The molecule has 2 amide bonds. The first-order valence-electron chi connectivity index (χ1n) is 13.2. The summed E-state index contributed by atoms with van der Waals surface area (Å²) in [6.45, 7) is 8.10. The van der Waals surface area contributed by atoms with Crippen molar-refractivity contribution >= 4 is 40.8 Å². The van der Waals surface area contributed by atoms with Gasteiger partial charge < -0.3 is 15.7 Å². The number of carbonyl (C=O) groups is 3. The first-order chi connectivity index (χ1) is 18.8. The molecule has 1 aromatic heterocycles. The number of benzene rings is 2. The predicted octanol–water partition coefficient (Wildman–Crippen LogP) is 6.57. The fourth-order valence-corrected chi connectivity index (χ4v) is 6.77. The van der Waals surface area contributed by atoms with E-state index in [2.05, 4.69) is 31.4 Å². The van der Waals surface area contributed by atoms with Crippen LogP contribution in [-0.2, 0) is 15.0 Å². The number of carboxylic acid groups (broad SMARTS) is 1. The molecule has 0 bridgehead atoms. The van der Waals surface area contributed by atoms with E-state index in [-0.39, 0.29) is 33.4 Å². The quantitative estimate of drug-likeness (QED) is 0.325. The van der Waals surface area contributed by atoms with Crippen LogP contribution in [0.1, 0.15) is 66.7 Å². The minimum atomic E-state index is -1.31. The van der Waals surface area contributed by atoms with E-state index >= 15 is 4.39 Å². The monoisotopic (exact) mass is 563 g/mol. The largest absolute Gasteiger partial charge is 0.478 e. The smallest absolute Gasteiger partial charge is 0.335 e. The van der Waals surface area contributed by atoms with Crippen molar-refractivity contribution in [2.24, 2.45) is 17.3 Å². The number of fused-ring (bicyclic) bond motifs is 2. The van der Waals surface area contributed by atoms with Gasteiger partial charge in [0.2, 0.25) is 11.8 Å². The van der Waals surface area contributed by atoms with Gasteiger partial charge in [-0.2, -0.15) is 0 Å². The molecular formula is C31H31ClFN3O4. The number of aromatic nitrogens is 1. The SMILES string of the molecule is Cc1cnc2c(c1)NC(=O)[C@@]21[C@H](CC(C)(C)C)C[C@@H](C(=O)Nc2ccc(C(=O)O)cc2)[C@@H]1c1cccc(Cl)c1F. The lowest BCUT2D eigenvalue weighted by Crippen LogP contribution is -2.45. The molecule has 5 rings (SSSR count). The minimum Gasteiger partial charge on any atom is -0.478 e. The summed E-state index contributed by atoms with van der Waals surface area (Å²) in [5.74, 6) is -4.48. The zero-order chi connectivity index (χ0) is 29.0. The summed E-state index contributed by atoms with van der Waals surface area (Å²) in [5.41, 5.74) is 1.12. The second-order valence-electron chi connectivity index (χ2n) is 12.0. The van der Waals surface area contributed by atoms with Gasteiger partial charge in [-0.05, 0) is 78.6 Å². The number of anilines is 2. The molecule has 1 spiro atoms. The topological polar surface area (TPSA) is 108 Å². The normalized spacial score (nSPS) is 23.6. The molecule has 40 heavy (non-hydrogen) atoms. The van der Waals surface area contributed by atoms with Gasteiger partial charge in [0.15, 0.2) is 0 Å². The lowest BCUT2D eigenvalue weighted by Gasteiger charge is -2.38. The summed E-state index contributed by atoms with van der Waals surface area (Å²) in [6.07, 6.45) is 2.60. The molecule has 0 saturated heterocycles. The Labute approximate surface area is 237 Å². The third-order valence-corrected chi connectivity index (χ3v) is 8.32. The van der Waals surface area contributed by atoms with Crippen LogP contribution in [0.25, 0.3) is 0 Å². The van der Waals surface area contributed by atoms with Crippen molar-refractivity contribution in [1.82, 2.24) is 4.98 Å². The van der Waals surface area contributed by atoms with Crippen LogP contribution < -0.4 is 10.6 Å². The van der Waals surface area contributed by atoms with Crippen LogP contribution in [0.2, 0.25) is 5.02 Å². The predicted molar refractivity (Wildman–Crippen MR) is 151 cm³/mol. The van der Waals surface area contributed by atoms with Gasteiger partial charge in [-0.25, -0.2) is 9.18 Å². The van der Waals surface area contributed by atoms with Crippen LogP contribution in [-0.4, -0.2) is 27.9 Å². The number of hydrogen-bond donors (Lipinski definition) is 3. The zero-order valence-electron chi connectivity index (χ0n) is 22.7. The Balaban J connectivity index is 1.69. The van der Waals surface area contributed by atoms with E-state index in [9.17, 15) is 19.5 Å². The maximum Gasteiger partial charge on any atom is 0.335 e. The van der Waals surface area contributed by atoms with Crippen molar-refractivity contribution in [3.8, 4) is 0 Å². The Bertz CT molecular complexity index is 1520. The third-order valence-electron chi connectivity index (χ3n) is 8.03. The standard InChI is InChI=1S/C31H31ClFN3O4/c1-16-12-23-26(34-15-16)31(29(40)36-23)18(14-30(2,3)4)13-21(24(31)20-6-5-7-22(32)25(20)33)27(37)35-19-10-8-17(9-11-19)28(38)39/h5-12,15,18,21,24H,13-14H2,1-4H3,(H,35,37)(H,36,40)(H,38,39)/t18-,21+,24-,31+/m0/s1. The highest BCUT2D eigenvalue weighted by atomic mass is 35.5. The number of pyridine rings is 1. The first kappa shape index (κ1) is 27.8. The molecule has 2 aromatic carbocycles. The maximum atomic E-state index is 15.8. The number of carboxylic acids is 1. The Morgan fingerprint density at radius 3 is 2.55 bits per heavy atom. The number of aryl methyl sites for hydroxylation is 1. The number of amides is 2. The molecule has 9 heteroatoms. The molecule has 1 aliphatic heterocycles. The Morgan fingerprint density at radius 2 is 1.90 bits per heavy atom. The Hall–Kier alpha value is -3.78. The molecule has 1 aliphatic carbocycles. The summed E-state index contributed by atoms with van der Waals surface area (Å²) in [5, 5.41) is 15.0. The van der Waals surface area contributed by atoms with Crippen LogP contribution in [0.3, 0.4) is 0 Å². The van der Waals surface area contributed by atoms with Crippen LogP contribution in [0.4, 0.5) is 15.8 Å². The van der Waals surface area contributed by atoms with Gasteiger partial charge in [0.05, 0.1) is 22.0 Å². The van der Waals surface area contributed by atoms with E-state index in [0.29, 0.717) is 29.9 Å². The molecule has 1 saturated carbocycles. The van der Waals surface area contributed by atoms with Crippen LogP contribution >= 0.6 is 11.6 Å². The number of hydrogen-bond acceptors (Lipinski definition) is 4. The number of carbonyl (C=O) groups excluding carboxylic acids is 2. The molecule has 3 N–H and O–H groups in total.